The van der Waals surface area contributed by atoms with Crippen molar-refractivity contribution >= 4 is 35.5 Å². The maximum Gasteiger partial charge on any atom is 0.320 e. The van der Waals surface area contributed by atoms with Crippen LogP contribution in [0.15, 0.2) is 12.3 Å². The zero-order chi connectivity index (χ0) is 45.1. The number of rotatable bonds is 23. The minimum absolute atomic E-state index is 0.00198. The first-order valence-corrected chi connectivity index (χ1v) is 24.3. The number of unbranched alkanes of at least 4 members (excludes halogenated alkanes) is 5. The van der Waals surface area contributed by atoms with Crippen LogP contribution in [-0.4, -0.2) is 176 Å². The molecule has 0 spiro atoms. The van der Waals surface area contributed by atoms with E-state index in [4.69, 9.17) is 9.47 Å². The molecular formula is C46H86N8O6S. The molecule has 3 heterocycles. The largest absolute Gasteiger partial charge is 0.459 e. The number of carbonyl (C=O) groups excluding carboxylic acids is 4. The van der Waals surface area contributed by atoms with E-state index in [9.17, 15) is 19.2 Å². The molecular weight excluding hydrogens is 793 g/mol. The van der Waals surface area contributed by atoms with Crippen LogP contribution in [0, 0.1) is 5.41 Å². The Morgan fingerprint density at radius 1 is 0.656 bits per heavy atom. The van der Waals surface area contributed by atoms with Gasteiger partial charge >= 0.3 is 18.0 Å². The minimum atomic E-state index is -0.588. The summed E-state index contributed by atoms with van der Waals surface area (Å²) in [6.07, 6.45) is 9.96. The topological polar surface area (TPSA) is 148 Å². The predicted molar refractivity (Wildman–Crippen MR) is 249 cm³/mol. The molecule has 14 nitrogen and oxygen atoms in total. The molecule has 0 aromatic rings. The van der Waals surface area contributed by atoms with E-state index < -0.39 is 11.2 Å². The van der Waals surface area contributed by atoms with Crippen molar-refractivity contribution < 1.29 is 28.7 Å². The standard InChI is InChI=1S/C46H86N8O6S/c1-36(48-21-17-12-11-15-19-47-20-16-13-14-18-39-42-38(35-61-39)49-43(58)50-42)31-51-22-24-52(32-37(55)30-44(2,3)4)25-27-54(34-41(57)60-46(8,9)10)29-28-53(26-23-51)33-40(56)59-45(5,6)7/h38-39,42,47-48H,1,11-35H2,2-10H3,(H2,49,50,58)/t38-,39-,42-/m0/s1. The van der Waals surface area contributed by atoms with Gasteiger partial charge in [-0.3, -0.25) is 34.0 Å². The van der Waals surface area contributed by atoms with E-state index in [-0.39, 0.29) is 42.3 Å². The van der Waals surface area contributed by atoms with Gasteiger partial charge in [-0.25, -0.2) is 4.79 Å². The third-order valence-corrected chi connectivity index (χ3v) is 12.5. The molecule has 2 amide bonds. The second-order valence-corrected chi connectivity index (χ2v) is 22.0. The van der Waals surface area contributed by atoms with E-state index >= 15 is 0 Å². The second-order valence-electron chi connectivity index (χ2n) is 20.7. The zero-order valence-corrected chi connectivity index (χ0v) is 40.6. The van der Waals surface area contributed by atoms with Crippen molar-refractivity contribution in [2.45, 2.75) is 149 Å². The number of ether oxygens (including phenoxy) is 2. The van der Waals surface area contributed by atoms with Gasteiger partial charge in [0.2, 0.25) is 0 Å². The van der Waals surface area contributed by atoms with Gasteiger partial charge in [-0.1, -0.05) is 53.0 Å². The van der Waals surface area contributed by atoms with Crippen LogP contribution >= 0.6 is 11.8 Å². The van der Waals surface area contributed by atoms with E-state index in [1.807, 2.05) is 53.3 Å². The number of hydrogen-bond donors (Lipinski definition) is 4. The SMILES string of the molecule is C=C(CN1CCN(CC(=O)CC(C)(C)C)CCN(CC(=O)OC(C)(C)C)CCN(CC(=O)OC(C)(C)C)CC1)NCCCCCCNCCCCC[C@@H]1SC[C@@H]2NC(=O)N[C@@H]21. The van der Waals surface area contributed by atoms with Gasteiger partial charge in [0, 0.05) is 88.6 Å². The van der Waals surface area contributed by atoms with Crippen LogP contribution in [0.5, 0.6) is 0 Å². The van der Waals surface area contributed by atoms with Gasteiger partial charge in [0.1, 0.15) is 17.0 Å². The number of nitrogens with one attached hydrogen (secondary N) is 4. The van der Waals surface area contributed by atoms with E-state index in [0.717, 1.165) is 44.0 Å². The third-order valence-electron chi connectivity index (χ3n) is 11.0. The normalized spacial score (nSPS) is 21.8. The van der Waals surface area contributed by atoms with Gasteiger partial charge in [0.05, 0.1) is 31.7 Å². The average Bonchev–Trinajstić information content (AvgIpc) is 3.67. The lowest BCUT2D eigenvalue weighted by atomic mass is 9.90. The van der Waals surface area contributed by atoms with Gasteiger partial charge in [0.25, 0.3) is 0 Å². The quantitative estimate of drug-likeness (QED) is 0.0630. The van der Waals surface area contributed by atoms with Crippen LogP contribution in [0.3, 0.4) is 0 Å². The molecule has 61 heavy (non-hydrogen) atoms. The maximum atomic E-state index is 13.3. The predicted octanol–water partition coefficient (Wildman–Crippen LogP) is 4.88. The molecule has 0 aromatic carbocycles. The van der Waals surface area contributed by atoms with E-state index in [1.165, 1.54) is 44.9 Å². The molecule has 3 fully saturated rings. The highest BCUT2D eigenvalue weighted by atomic mass is 32.2. The first kappa shape index (κ1) is 52.9. The molecule has 0 saturated carbocycles. The summed E-state index contributed by atoms with van der Waals surface area (Å²) in [4.78, 5) is 59.7. The van der Waals surface area contributed by atoms with Crippen molar-refractivity contribution in [3.05, 3.63) is 12.3 Å². The fraction of sp³-hybridized carbons (Fsp3) is 0.870. The number of amides is 2. The van der Waals surface area contributed by atoms with Gasteiger partial charge in [0.15, 0.2) is 0 Å². The molecule has 3 saturated heterocycles. The molecule has 3 atom stereocenters. The lowest BCUT2D eigenvalue weighted by molar-refractivity contribution is -0.158. The number of carbonyl (C=O) groups is 4. The molecule has 0 bridgehead atoms. The van der Waals surface area contributed by atoms with Gasteiger partial charge in [-0.05, 0) is 85.7 Å². The fourth-order valence-electron chi connectivity index (χ4n) is 8.08. The smallest absolute Gasteiger partial charge is 0.320 e. The summed E-state index contributed by atoms with van der Waals surface area (Å²) in [5.41, 5.74) is -0.286. The molecule has 4 N–H and O–H groups in total. The van der Waals surface area contributed by atoms with Crippen molar-refractivity contribution in [3.8, 4) is 0 Å². The van der Waals surface area contributed by atoms with E-state index in [1.54, 1.807) is 0 Å². The molecule has 3 rings (SSSR count). The summed E-state index contributed by atoms with van der Waals surface area (Å²) in [7, 11) is 0. The number of esters is 2. The van der Waals surface area contributed by atoms with Crippen LogP contribution < -0.4 is 21.3 Å². The number of hydrogen-bond acceptors (Lipinski definition) is 13. The van der Waals surface area contributed by atoms with Crippen molar-refractivity contribution in [1.29, 1.82) is 0 Å². The number of nitrogens with zero attached hydrogens (tertiary/aromatic N) is 4. The number of ketones is 1. The summed E-state index contributed by atoms with van der Waals surface area (Å²) in [6.45, 7) is 31.4. The molecule has 15 heteroatoms. The monoisotopic (exact) mass is 879 g/mol. The highest BCUT2D eigenvalue weighted by Gasteiger charge is 2.42. The number of fused-ring (bicyclic) bond motifs is 1. The third kappa shape index (κ3) is 24.3. The van der Waals surface area contributed by atoms with E-state index in [0.29, 0.717) is 82.7 Å². The van der Waals surface area contributed by atoms with Gasteiger partial charge in [-0.15, -0.1) is 0 Å². The molecule has 0 radical (unpaired) electrons. The second kappa shape index (κ2) is 26.4. The molecule has 0 unspecified atom stereocenters. The van der Waals surface area contributed by atoms with E-state index in [2.05, 4.69) is 68.2 Å². The van der Waals surface area contributed by atoms with Crippen molar-refractivity contribution in [2.75, 3.05) is 104 Å². The summed E-state index contributed by atoms with van der Waals surface area (Å²) in [5.74, 6) is 0.702. The Bertz CT molecular complexity index is 1320. The molecule has 352 valence electrons. The Morgan fingerprint density at radius 3 is 1.61 bits per heavy atom. The van der Waals surface area contributed by atoms with Gasteiger partial charge in [-0.2, -0.15) is 11.8 Å². The lowest BCUT2D eigenvalue weighted by Gasteiger charge is -2.34. The first-order valence-electron chi connectivity index (χ1n) is 23.3. The summed E-state index contributed by atoms with van der Waals surface area (Å²) >= 11 is 2.00. The van der Waals surface area contributed by atoms with Crippen molar-refractivity contribution in [1.82, 2.24) is 40.9 Å². The molecule has 0 aliphatic carbocycles. The van der Waals surface area contributed by atoms with Crippen molar-refractivity contribution in [2.24, 2.45) is 5.41 Å². The molecule has 3 aliphatic rings. The van der Waals surface area contributed by atoms with Gasteiger partial charge < -0.3 is 30.7 Å². The van der Waals surface area contributed by atoms with Crippen LogP contribution in [0.2, 0.25) is 0 Å². The van der Waals surface area contributed by atoms with Crippen LogP contribution in [0.4, 0.5) is 4.79 Å². The van der Waals surface area contributed by atoms with Crippen molar-refractivity contribution in [3.63, 3.8) is 0 Å². The highest BCUT2D eigenvalue weighted by molar-refractivity contribution is 8.00. The molecule has 3 aliphatic heterocycles. The van der Waals surface area contributed by atoms with Crippen LogP contribution in [0.25, 0.3) is 0 Å². The highest BCUT2D eigenvalue weighted by Crippen LogP contribution is 2.33. The summed E-state index contributed by atoms with van der Waals surface area (Å²) in [6, 6.07) is 0.621. The fourth-order valence-corrected chi connectivity index (χ4v) is 9.62. The zero-order valence-electron chi connectivity index (χ0n) is 39.8. The number of thioether (sulfide) groups is 1. The number of Topliss-reactive ketones (excluding diaryl/α,β-unsaturated/α-hetero) is 1. The average molecular weight is 879 g/mol. The minimum Gasteiger partial charge on any atom is -0.459 e. The summed E-state index contributed by atoms with van der Waals surface area (Å²) in [5, 5.41) is 13.9. The lowest BCUT2D eigenvalue weighted by Crippen LogP contribution is -2.49. The summed E-state index contributed by atoms with van der Waals surface area (Å²) < 4.78 is 11.4. The molecule has 0 aromatic heterocycles. The Morgan fingerprint density at radius 2 is 1.11 bits per heavy atom. The van der Waals surface area contributed by atoms with Crippen LogP contribution in [0.1, 0.15) is 120 Å². The Kier molecular flexibility index (Phi) is 22.9. The Labute approximate surface area is 374 Å². The first-order chi connectivity index (χ1) is 28.6. The Hall–Kier alpha value is -2.43. The number of urea groups is 1. The maximum absolute atomic E-state index is 13.3. The Balaban J connectivity index is 1.45. The van der Waals surface area contributed by atoms with Crippen LogP contribution in [-0.2, 0) is 23.9 Å².